The van der Waals surface area contributed by atoms with Gasteiger partial charge in [0.15, 0.2) is 11.5 Å². The summed E-state index contributed by atoms with van der Waals surface area (Å²) < 4.78 is 5.36. The van der Waals surface area contributed by atoms with Crippen LogP contribution in [0.4, 0.5) is 5.69 Å². The number of benzene rings is 2. The number of phenolic OH excluding ortho intramolecular Hbond substituents is 1. The average molecular weight is 419 g/mol. The molecule has 1 aliphatic carbocycles. The second kappa shape index (κ2) is 8.29. The summed E-state index contributed by atoms with van der Waals surface area (Å²) in [4.78, 5) is 15.5. The fraction of sp³-hybridized carbons (Fsp3) is 0.423. The van der Waals surface area contributed by atoms with E-state index in [1.165, 1.54) is 18.4 Å². The molecule has 0 spiro atoms. The summed E-state index contributed by atoms with van der Waals surface area (Å²) in [5, 5.41) is 13.8. The van der Waals surface area contributed by atoms with Gasteiger partial charge in [-0.1, -0.05) is 43.2 Å². The zero-order valence-electron chi connectivity index (χ0n) is 18.0. The molecule has 3 atom stereocenters. The van der Waals surface area contributed by atoms with Crippen molar-refractivity contribution in [3.8, 4) is 11.5 Å². The largest absolute Gasteiger partial charge is 0.504 e. The Labute approximate surface area is 183 Å². The molecule has 2 aromatic carbocycles. The molecular weight excluding hydrogens is 388 g/mol. The first kappa shape index (κ1) is 20.0. The SMILES string of the molecule is COc1cc(C2Nc3c(C(=O)N4CCCCCC4)cccc3C3C=CCC32)ccc1O. The van der Waals surface area contributed by atoms with E-state index in [4.69, 9.17) is 4.74 Å². The van der Waals surface area contributed by atoms with Gasteiger partial charge in [0.2, 0.25) is 0 Å². The van der Waals surface area contributed by atoms with E-state index in [1.54, 1.807) is 13.2 Å². The zero-order chi connectivity index (χ0) is 21.4. The lowest BCUT2D eigenvalue weighted by Gasteiger charge is -2.39. The van der Waals surface area contributed by atoms with Gasteiger partial charge in [-0.15, -0.1) is 0 Å². The summed E-state index contributed by atoms with van der Waals surface area (Å²) in [6, 6.07) is 11.7. The molecule has 2 heterocycles. The minimum atomic E-state index is 0.0417. The van der Waals surface area contributed by atoms with Gasteiger partial charge < -0.3 is 20.1 Å². The summed E-state index contributed by atoms with van der Waals surface area (Å²) >= 11 is 0. The van der Waals surface area contributed by atoms with E-state index in [0.717, 1.165) is 49.2 Å². The van der Waals surface area contributed by atoms with Crippen LogP contribution in [0.2, 0.25) is 0 Å². The number of methoxy groups -OCH3 is 1. The molecule has 3 aliphatic rings. The highest BCUT2D eigenvalue weighted by Crippen LogP contribution is 2.51. The van der Waals surface area contributed by atoms with Crippen LogP contribution in [0.25, 0.3) is 0 Å². The van der Waals surface area contributed by atoms with E-state index in [-0.39, 0.29) is 23.6 Å². The topological polar surface area (TPSA) is 61.8 Å². The molecule has 31 heavy (non-hydrogen) atoms. The second-order valence-electron chi connectivity index (χ2n) is 8.88. The number of anilines is 1. The molecule has 5 heteroatoms. The van der Waals surface area contributed by atoms with Gasteiger partial charge in [-0.3, -0.25) is 4.79 Å². The van der Waals surface area contributed by atoms with E-state index >= 15 is 0 Å². The zero-order valence-corrected chi connectivity index (χ0v) is 18.0. The maximum Gasteiger partial charge on any atom is 0.255 e. The molecule has 2 aromatic rings. The summed E-state index contributed by atoms with van der Waals surface area (Å²) in [5.41, 5.74) is 4.01. The monoisotopic (exact) mass is 418 g/mol. The number of carbonyl (C=O) groups is 1. The molecule has 2 aliphatic heterocycles. The van der Waals surface area contributed by atoms with Crippen LogP contribution in [0.3, 0.4) is 0 Å². The van der Waals surface area contributed by atoms with Crippen LogP contribution in [0.1, 0.15) is 65.5 Å². The Morgan fingerprint density at radius 1 is 1.13 bits per heavy atom. The standard InChI is InChI=1S/C26H30N2O3/c1-31-23-16-17(12-13-22(23)29)24-19-9-6-8-18(19)20-10-7-11-21(25(20)27-24)26(30)28-14-4-2-3-5-15-28/h6-8,10-13,16,18-19,24,27,29H,2-5,9,14-15H2,1H3. The fourth-order valence-electron chi connectivity index (χ4n) is 5.46. The Kier molecular flexibility index (Phi) is 5.34. The number of hydrogen-bond acceptors (Lipinski definition) is 4. The van der Waals surface area contributed by atoms with Crippen molar-refractivity contribution in [3.05, 3.63) is 65.2 Å². The van der Waals surface area contributed by atoms with Crippen molar-refractivity contribution in [2.24, 2.45) is 5.92 Å². The molecule has 162 valence electrons. The number of ether oxygens (including phenoxy) is 1. The van der Waals surface area contributed by atoms with Gasteiger partial charge in [-0.2, -0.15) is 0 Å². The van der Waals surface area contributed by atoms with Crippen molar-refractivity contribution >= 4 is 11.6 Å². The van der Waals surface area contributed by atoms with Crippen molar-refractivity contribution in [2.45, 2.75) is 44.1 Å². The van der Waals surface area contributed by atoms with Crippen LogP contribution < -0.4 is 10.1 Å². The number of nitrogens with one attached hydrogen (secondary N) is 1. The van der Waals surface area contributed by atoms with Crippen LogP contribution in [0.15, 0.2) is 48.6 Å². The molecule has 0 bridgehead atoms. The fourth-order valence-corrected chi connectivity index (χ4v) is 5.46. The van der Waals surface area contributed by atoms with Crippen LogP contribution >= 0.6 is 0 Å². The first-order chi connectivity index (χ1) is 15.2. The summed E-state index contributed by atoms with van der Waals surface area (Å²) in [7, 11) is 1.57. The minimum Gasteiger partial charge on any atom is -0.504 e. The van der Waals surface area contributed by atoms with Crippen LogP contribution in [-0.4, -0.2) is 36.1 Å². The van der Waals surface area contributed by atoms with Gasteiger partial charge in [-0.05, 0) is 54.5 Å². The van der Waals surface area contributed by atoms with Gasteiger partial charge in [0.25, 0.3) is 5.91 Å². The van der Waals surface area contributed by atoms with Crippen molar-refractivity contribution < 1.29 is 14.6 Å². The molecule has 5 rings (SSSR count). The Morgan fingerprint density at radius 2 is 1.94 bits per heavy atom. The predicted molar refractivity (Wildman–Crippen MR) is 122 cm³/mol. The highest BCUT2D eigenvalue weighted by molar-refractivity contribution is 6.01. The van der Waals surface area contributed by atoms with Gasteiger partial charge in [-0.25, -0.2) is 0 Å². The third-order valence-corrected chi connectivity index (χ3v) is 7.08. The number of aromatic hydroxyl groups is 1. The number of phenols is 1. The molecule has 2 N–H and O–H groups in total. The number of allylic oxidation sites excluding steroid dienone is 2. The number of hydrogen-bond donors (Lipinski definition) is 2. The molecule has 0 radical (unpaired) electrons. The number of likely N-dealkylation sites (tertiary alicyclic amines) is 1. The molecular formula is C26H30N2O3. The molecule has 5 nitrogen and oxygen atoms in total. The lowest BCUT2D eigenvalue weighted by molar-refractivity contribution is 0.0762. The highest BCUT2D eigenvalue weighted by atomic mass is 16.5. The maximum absolute atomic E-state index is 13.5. The molecule has 1 amide bonds. The molecule has 0 saturated carbocycles. The van der Waals surface area contributed by atoms with Crippen molar-refractivity contribution in [3.63, 3.8) is 0 Å². The first-order valence-corrected chi connectivity index (χ1v) is 11.4. The van der Waals surface area contributed by atoms with Gasteiger partial charge in [0.05, 0.1) is 24.4 Å². The van der Waals surface area contributed by atoms with Crippen molar-refractivity contribution in [1.29, 1.82) is 0 Å². The Morgan fingerprint density at radius 3 is 2.71 bits per heavy atom. The lowest BCUT2D eigenvalue weighted by atomic mass is 9.76. The number of amides is 1. The van der Waals surface area contributed by atoms with Gasteiger partial charge in [0, 0.05) is 19.0 Å². The van der Waals surface area contributed by atoms with Crippen LogP contribution in [-0.2, 0) is 0 Å². The quantitative estimate of drug-likeness (QED) is 0.669. The predicted octanol–water partition coefficient (Wildman–Crippen LogP) is 5.24. The van der Waals surface area contributed by atoms with E-state index in [1.807, 2.05) is 29.2 Å². The normalized spacial score (nSPS) is 24.7. The Hall–Kier alpha value is -2.95. The van der Waals surface area contributed by atoms with Crippen LogP contribution in [0.5, 0.6) is 11.5 Å². The lowest BCUT2D eigenvalue weighted by Crippen LogP contribution is -2.35. The molecule has 1 fully saturated rings. The summed E-state index contributed by atoms with van der Waals surface area (Å²) in [5.74, 6) is 1.39. The first-order valence-electron chi connectivity index (χ1n) is 11.4. The maximum atomic E-state index is 13.5. The van der Waals surface area contributed by atoms with E-state index in [9.17, 15) is 9.90 Å². The summed E-state index contributed by atoms with van der Waals surface area (Å²) in [6.45, 7) is 1.68. The number of fused-ring (bicyclic) bond motifs is 3. The molecule has 0 aromatic heterocycles. The Balaban J connectivity index is 1.54. The number of nitrogens with zero attached hydrogens (tertiary/aromatic N) is 1. The number of carbonyl (C=O) groups excluding carboxylic acids is 1. The smallest absolute Gasteiger partial charge is 0.255 e. The number of para-hydroxylation sites is 1. The van der Waals surface area contributed by atoms with Crippen LogP contribution in [0, 0.1) is 5.92 Å². The Bertz CT molecular complexity index is 1010. The number of rotatable bonds is 3. The van der Waals surface area contributed by atoms with E-state index in [2.05, 4.69) is 23.5 Å². The summed E-state index contributed by atoms with van der Waals surface area (Å²) in [6.07, 6.45) is 10.1. The highest BCUT2D eigenvalue weighted by Gasteiger charge is 2.39. The average Bonchev–Trinajstić information content (AvgIpc) is 3.13. The van der Waals surface area contributed by atoms with E-state index in [0.29, 0.717) is 11.7 Å². The van der Waals surface area contributed by atoms with Crippen molar-refractivity contribution in [2.75, 3.05) is 25.5 Å². The second-order valence-corrected chi connectivity index (χ2v) is 8.88. The third-order valence-electron chi connectivity index (χ3n) is 7.08. The van der Waals surface area contributed by atoms with E-state index < -0.39 is 0 Å². The van der Waals surface area contributed by atoms with Crippen molar-refractivity contribution in [1.82, 2.24) is 4.90 Å². The molecule has 1 saturated heterocycles. The van der Waals surface area contributed by atoms with Gasteiger partial charge >= 0.3 is 0 Å². The third kappa shape index (κ3) is 3.56. The van der Waals surface area contributed by atoms with Gasteiger partial charge in [0.1, 0.15) is 0 Å². The minimum absolute atomic E-state index is 0.0417. The molecule has 3 unspecified atom stereocenters.